The number of aryl methyl sites for hydroxylation is 1. The predicted octanol–water partition coefficient (Wildman–Crippen LogP) is 2.84. The van der Waals surface area contributed by atoms with Crippen molar-refractivity contribution >= 4 is 11.6 Å². The molecule has 1 aromatic heterocycles. The molecule has 2 N–H and O–H groups in total. The Labute approximate surface area is 84.1 Å². The fraction of sp³-hybridized carbons (Fsp3) is 0.500. The number of nitrogens with two attached hydrogens (primary N) is 1. The fourth-order valence-corrected chi connectivity index (χ4v) is 1.60. The van der Waals surface area contributed by atoms with Crippen LogP contribution in [0.15, 0.2) is 12.1 Å². The molecule has 1 aromatic rings. The topological polar surface area (TPSA) is 38.9 Å². The van der Waals surface area contributed by atoms with Gasteiger partial charge in [-0.25, -0.2) is 4.98 Å². The number of aromatic nitrogens is 1. The maximum Gasteiger partial charge on any atom is 0.129 e. The van der Waals surface area contributed by atoms with Crippen LogP contribution in [-0.4, -0.2) is 4.98 Å². The molecule has 2 nitrogen and oxygen atoms in total. The Morgan fingerprint density at radius 2 is 2.23 bits per heavy atom. The molecule has 72 valence electrons. The molecule has 3 heteroatoms. The highest BCUT2D eigenvalue weighted by Gasteiger charge is 2.06. The Hall–Kier alpha value is -0.600. The van der Waals surface area contributed by atoms with Crippen LogP contribution in [-0.2, 0) is 0 Å². The Balaban J connectivity index is 2.87. The number of rotatable bonds is 3. The first-order valence-electron chi connectivity index (χ1n) is 4.53. The van der Waals surface area contributed by atoms with E-state index in [1.807, 2.05) is 19.1 Å². The summed E-state index contributed by atoms with van der Waals surface area (Å²) in [6.45, 7) is 4.05. The normalized spacial score (nSPS) is 12.9. The van der Waals surface area contributed by atoms with Gasteiger partial charge in [-0.1, -0.05) is 24.9 Å². The number of halogens is 1. The minimum atomic E-state index is 0.0872. The summed E-state index contributed by atoms with van der Waals surface area (Å²) in [5.41, 5.74) is 7.96. The molecular formula is C10H15ClN2. The molecule has 0 saturated heterocycles. The molecule has 1 heterocycles. The van der Waals surface area contributed by atoms with Crippen LogP contribution in [0.1, 0.15) is 37.1 Å². The third-order valence-corrected chi connectivity index (χ3v) is 2.17. The molecule has 1 rings (SSSR count). The van der Waals surface area contributed by atoms with Crippen LogP contribution < -0.4 is 5.73 Å². The number of nitrogens with zero attached hydrogens (tertiary/aromatic N) is 1. The van der Waals surface area contributed by atoms with Gasteiger partial charge in [0.15, 0.2) is 0 Å². The fourth-order valence-electron chi connectivity index (χ4n) is 1.35. The van der Waals surface area contributed by atoms with E-state index < -0.39 is 0 Å². The van der Waals surface area contributed by atoms with Gasteiger partial charge in [-0.05, 0) is 31.0 Å². The molecule has 0 radical (unpaired) electrons. The summed E-state index contributed by atoms with van der Waals surface area (Å²) in [5, 5.41) is 0.529. The lowest BCUT2D eigenvalue weighted by Crippen LogP contribution is -2.10. The number of pyridine rings is 1. The first kappa shape index (κ1) is 10.5. The van der Waals surface area contributed by atoms with Crippen molar-refractivity contribution < 1.29 is 0 Å². The lowest BCUT2D eigenvalue weighted by atomic mass is 10.0. The van der Waals surface area contributed by atoms with Crippen LogP contribution in [0.3, 0.4) is 0 Å². The Morgan fingerprint density at radius 3 is 2.77 bits per heavy atom. The monoisotopic (exact) mass is 198 g/mol. The standard InChI is InChI=1S/C10H15ClN2/c1-3-4-9(12)8-5-7(2)13-10(11)6-8/h5-6,9H,3-4,12H2,1-2H3/t9-/m0/s1. The number of hydrogen-bond acceptors (Lipinski definition) is 2. The summed E-state index contributed by atoms with van der Waals surface area (Å²) >= 11 is 5.83. The maximum absolute atomic E-state index is 5.96. The van der Waals surface area contributed by atoms with Crippen molar-refractivity contribution in [2.45, 2.75) is 32.7 Å². The zero-order valence-electron chi connectivity index (χ0n) is 8.05. The molecule has 0 spiro atoms. The van der Waals surface area contributed by atoms with Gasteiger partial charge in [0, 0.05) is 11.7 Å². The van der Waals surface area contributed by atoms with E-state index in [1.54, 1.807) is 0 Å². The van der Waals surface area contributed by atoms with Gasteiger partial charge in [0.05, 0.1) is 0 Å². The third kappa shape index (κ3) is 2.98. The van der Waals surface area contributed by atoms with Gasteiger partial charge in [-0.15, -0.1) is 0 Å². The largest absolute Gasteiger partial charge is 0.324 e. The molecule has 0 amide bonds. The van der Waals surface area contributed by atoms with Crippen LogP contribution >= 0.6 is 11.6 Å². The van der Waals surface area contributed by atoms with E-state index >= 15 is 0 Å². The van der Waals surface area contributed by atoms with Gasteiger partial charge in [0.1, 0.15) is 5.15 Å². The summed E-state index contributed by atoms with van der Waals surface area (Å²) in [6, 6.07) is 3.92. The van der Waals surface area contributed by atoms with Crippen molar-refractivity contribution in [2.24, 2.45) is 5.73 Å². The van der Waals surface area contributed by atoms with Crippen molar-refractivity contribution in [2.75, 3.05) is 0 Å². The van der Waals surface area contributed by atoms with Gasteiger partial charge in [-0.2, -0.15) is 0 Å². The van der Waals surface area contributed by atoms with E-state index in [-0.39, 0.29) is 6.04 Å². The van der Waals surface area contributed by atoms with E-state index in [4.69, 9.17) is 17.3 Å². The van der Waals surface area contributed by atoms with E-state index in [0.717, 1.165) is 24.1 Å². The predicted molar refractivity (Wildman–Crippen MR) is 55.8 cm³/mol. The second-order valence-corrected chi connectivity index (χ2v) is 3.65. The van der Waals surface area contributed by atoms with Gasteiger partial charge >= 0.3 is 0 Å². The summed E-state index contributed by atoms with van der Waals surface area (Å²) in [7, 11) is 0. The zero-order valence-corrected chi connectivity index (χ0v) is 8.80. The average Bonchev–Trinajstić information content (AvgIpc) is 2.03. The van der Waals surface area contributed by atoms with Crippen LogP contribution in [0.4, 0.5) is 0 Å². The molecule has 13 heavy (non-hydrogen) atoms. The van der Waals surface area contributed by atoms with Gasteiger partial charge in [-0.3, -0.25) is 0 Å². The minimum absolute atomic E-state index is 0.0872. The van der Waals surface area contributed by atoms with Crippen LogP contribution in [0.25, 0.3) is 0 Å². The van der Waals surface area contributed by atoms with Crippen molar-refractivity contribution in [1.82, 2.24) is 4.98 Å². The summed E-state index contributed by atoms with van der Waals surface area (Å²) in [5.74, 6) is 0. The lowest BCUT2D eigenvalue weighted by Gasteiger charge is -2.11. The van der Waals surface area contributed by atoms with Crippen molar-refractivity contribution in [3.05, 3.63) is 28.5 Å². The molecule has 0 bridgehead atoms. The average molecular weight is 199 g/mol. The first-order chi connectivity index (χ1) is 6.13. The SMILES string of the molecule is CCC[C@H](N)c1cc(C)nc(Cl)c1. The summed E-state index contributed by atoms with van der Waals surface area (Å²) in [6.07, 6.45) is 2.07. The summed E-state index contributed by atoms with van der Waals surface area (Å²) in [4.78, 5) is 4.09. The lowest BCUT2D eigenvalue weighted by molar-refractivity contribution is 0.637. The van der Waals surface area contributed by atoms with E-state index in [2.05, 4.69) is 11.9 Å². The first-order valence-corrected chi connectivity index (χ1v) is 4.91. The Bertz CT molecular complexity index is 266. The van der Waals surface area contributed by atoms with Crippen LogP contribution in [0.2, 0.25) is 5.15 Å². The molecule has 0 saturated carbocycles. The molecule has 0 unspecified atom stereocenters. The Kier molecular flexibility index (Phi) is 3.70. The molecule has 0 aliphatic carbocycles. The second kappa shape index (κ2) is 4.58. The van der Waals surface area contributed by atoms with E-state index in [9.17, 15) is 0 Å². The van der Waals surface area contributed by atoms with Crippen molar-refractivity contribution in [3.63, 3.8) is 0 Å². The van der Waals surface area contributed by atoms with Crippen molar-refractivity contribution in [1.29, 1.82) is 0 Å². The second-order valence-electron chi connectivity index (χ2n) is 3.26. The highest BCUT2D eigenvalue weighted by atomic mass is 35.5. The molecular weight excluding hydrogens is 184 g/mol. The minimum Gasteiger partial charge on any atom is -0.324 e. The van der Waals surface area contributed by atoms with Crippen molar-refractivity contribution in [3.8, 4) is 0 Å². The molecule has 0 fully saturated rings. The third-order valence-electron chi connectivity index (χ3n) is 1.97. The zero-order chi connectivity index (χ0) is 9.84. The number of hydrogen-bond donors (Lipinski definition) is 1. The molecule has 0 aliphatic rings. The van der Waals surface area contributed by atoms with E-state index in [1.165, 1.54) is 0 Å². The molecule has 1 atom stereocenters. The Morgan fingerprint density at radius 1 is 1.54 bits per heavy atom. The molecule has 0 aliphatic heterocycles. The van der Waals surface area contributed by atoms with E-state index in [0.29, 0.717) is 5.15 Å². The molecule has 0 aromatic carbocycles. The van der Waals surface area contributed by atoms with Crippen LogP contribution in [0.5, 0.6) is 0 Å². The van der Waals surface area contributed by atoms with Gasteiger partial charge < -0.3 is 5.73 Å². The van der Waals surface area contributed by atoms with Gasteiger partial charge in [0.25, 0.3) is 0 Å². The summed E-state index contributed by atoms with van der Waals surface area (Å²) < 4.78 is 0. The smallest absolute Gasteiger partial charge is 0.129 e. The van der Waals surface area contributed by atoms with Crippen LogP contribution in [0, 0.1) is 6.92 Å². The highest BCUT2D eigenvalue weighted by Crippen LogP contribution is 2.19. The van der Waals surface area contributed by atoms with Gasteiger partial charge in [0.2, 0.25) is 0 Å². The maximum atomic E-state index is 5.96. The quantitative estimate of drug-likeness (QED) is 0.759. The highest BCUT2D eigenvalue weighted by molar-refractivity contribution is 6.29.